The molecule has 0 bridgehead atoms. The minimum Gasteiger partial charge on any atom is -0.395 e. The molecule has 0 unspecified atom stereocenters. The van der Waals surface area contributed by atoms with Gasteiger partial charge in [-0.25, -0.2) is 0 Å². The molecule has 0 spiro atoms. The van der Waals surface area contributed by atoms with Crippen molar-refractivity contribution in [1.82, 2.24) is 4.90 Å². The summed E-state index contributed by atoms with van der Waals surface area (Å²) in [6.45, 7) is 0.497. The highest BCUT2D eigenvalue weighted by Crippen LogP contribution is 2.29. The number of β-amino-alcohol motifs (C(OH)–C–C–N with tert-alkyl or cyclic N) is 1. The number of piperidine rings is 1. The lowest BCUT2D eigenvalue weighted by atomic mass is 9.93. The van der Waals surface area contributed by atoms with Crippen LogP contribution < -0.4 is 0 Å². The number of hydrogen-bond acceptors (Lipinski definition) is 6. The molecule has 0 amide bonds. The molecule has 1 aromatic heterocycles. The number of aliphatic hydroxyl groups excluding tert-OH is 4. The first-order valence-electron chi connectivity index (χ1n) is 6.96. The van der Waals surface area contributed by atoms with E-state index in [1.54, 1.807) is 11.3 Å². The molecule has 0 saturated carbocycles. The number of benzene rings is 1. The average molecular weight is 309 g/mol. The zero-order chi connectivity index (χ0) is 15.0. The minimum atomic E-state index is -1.21. The predicted molar refractivity (Wildman–Crippen MR) is 81.1 cm³/mol. The Morgan fingerprint density at radius 2 is 1.90 bits per heavy atom. The Bertz CT molecular complexity index is 616. The van der Waals surface area contributed by atoms with Gasteiger partial charge in [0.15, 0.2) is 0 Å². The molecule has 2 aromatic rings. The number of likely N-dealkylation sites (tertiary alicyclic amines) is 1. The first kappa shape index (κ1) is 14.9. The van der Waals surface area contributed by atoms with Gasteiger partial charge in [0, 0.05) is 17.8 Å². The summed E-state index contributed by atoms with van der Waals surface area (Å²) in [5, 5.41) is 42.3. The zero-order valence-corrected chi connectivity index (χ0v) is 12.3. The smallest absolute Gasteiger partial charge is 0.109 e. The third kappa shape index (κ3) is 2.70. The molecule has 4 atom stereocenters. The minimum absolute atomic E-state index is 0.230. The van der Waals surface area contributed by atoms with Crippen molar-refractivity contribution in [2.45, 2.75) is 30.9 Å². The Balaban J connectivity index is 1.85. The molecule has 6 heteroatoms. The van der Waals surface area contributed by atoms with E-state index in [9.17, 15) is 20.4 Å². The molecule has 3 rings (SSSR count). The van der Waals surface area contributed by atoms with Crippen LogP contribution in [0, 0.1) is 0 Å². The SMILES string of the molecule is OC[C@@H]1[C@@H](O)[C@H](O)[C@@H](O)CN1Cc1csc2ccccc12. The van der Waals surface area contributed by atoms with Crippen LogP contribution in [0.25, 0.3) is 10.1 Å². The second-order valence-electron chi connectivity index (χ2n) is 5.48. The van der Waals surface area contributed by atoms with Crippen molar-refractivity contribution < 1.29 is 20.4 Å². The fourth-order valence-electron chi connectivity index (χ4n) is 2.93. The summed E-state index contributed by atoms with van der Waals surface area (Å²) in [5.74, 6) is 0. The maximum Gasteiger partial charge on any atom is 0.109 e. The van der Waals surface area contributed by atoms with Crippen LogP contribution >= 0.6 is 11.3 Å². The summed E-state index contributed by atoms with van der Waals surface area (Å²) in [4.78, 5) is 1.83. The van der Waals surface area contributed by atoms with E-state index in [2.05, 4.69) is 11.4 Å². The van der Waals surface area contributed by atoms with Crippen molar-refractivity contribution in [3.05, 3.63) is 35.2 Å². The maximum absolute atomic E-state index is 10.0. The Morgan fingerprint density at radius 1 is 1.14 bits per heavy atom. The molecule has 1 fully saturated rings. The molecule has 1 aliphatic heterocycles. The van der Waals surface area contributed by atoms with E-state index in [0.717, 1.165) is 10.9 Å². The van der Waals surface area contributed by atoms with Crippen molar-refractivity contribution in [1.29, 1.82) is 0 Å². The van der Waals surface area contributed by atoms with E-state index >= 15 is 0 Å². The second-order valence-corrected chi connectivity index (χ2v) is 6.40. The van der Waals surface area contributed by atoms with Crippen LogP contribution in [0.4, 0.5) is 0 Å². The molecular weight excluding hydrogens is 290 g/mol. The zero-order valence-electron chi connectivity index (χ0n) is 11.5. The van der Waals surface area contributed by atoms with Crippen molar-refractivity contribution >= 4 is 21.4 Å². The summed E-state index contributed by atoms with van der Waals surface area (Å²) < 4.78 is 1.19. The topological polar surface area (TPSA) is 84.2 Å². The quantitative estimate of drug-likeness (QED) is 0.649. The van der Waals surface area contributed by atoms with Gasteiger partial charge in [-0.15, -0.1) is 11.3 Å². The largest absolute Gasteiger partial charge is 0.395 e. The van der Waals surface area contributed by atoms with Crippen LogP contribution in [0.2, 0.25) is 0 Å². The molecule has 0 radical (unpaired) electrons. The van der Waals surface area contributed by atoms with Gasteiger partial charge in [0.05, 0.1) is 18.8 Å². The molecule has 2 heterocycles. The highest BCUT2D eigenvalue weighted by molar-refractivity contribution is 7.17. The molecule has 0 aliphatic carbocycles. The van der Waals surface area contributed by atoms with Gasteiger partial charge in [-0.3, -0.25) is 4.90 Å². The lowest BCUT2D eigenvalue weighted by molar-refractivity contribution is -0.147. The van der Waals surface area contributed by atoms with E-state index < -0.39 is 24.4 Å². The molecular formula is C15H19NO4S. The van der Waals surface area contributed by atoms with Gasteiger partial charge in [0.25, 0.3) is 0 Å². The Labute approximate surface area is 126 Å². The van der Waals surface area contributed by atoms with Gasteiger partial charge in [-0.2, -0.15) is 0 Å². The van der Waals surface area contributed by atoms with Gasteiger partial charge >= 0.3 is 0 Å². The maximum atomic E-state index is 10.0. The van der Waals surface area contributed by atoms with Gasteiger partial charge in [0.1, 0.15) is 12.2 Å². The lowest BCUT2D eigenvalue weighted by Crippen LogP contribution is -2.62. The van der Waals surface area contributed by atoms with Gasteiger partial charge < -0.3 is 20.4 Å². The lowest BCUT2D eigenvalue weighted by Gasteiger charge is -2.43. The third-order valence-corrected chi connectivity index (χ3v) is 5.16. The van der Waals surface area contributed by atoms with Gasteiger partial charge in [-0.05, 0) is 22.4 Å². The van der Waals surface area contributed by atoms with Crippen LogP contribution in [0.15, 0.2) is 29.6 Å². The van der Waals surface area contributed by atoms with E-state index in [-0.39, 0.29) is 13.2 Å². The monoisotopic (exact) mass is 309 g/mol. The number of nitrogens with zero attached hydrogens (tertiary/aromatic N) is 1. The highest BCUT2D eigenvalue weighted by atomic mass is 32.1. The molecule has 1 saturated heterocycles. The van der Waals surface area contributed by atoms with Crippen molar-refractivity contribution in [3.8, 4) is 0 Å². The molecule has 1 aliphatic rings. The van der Waals surface area contributed by atoms with Crippen LogP contribution in [0.5, 0.6) is 0 Å². The first-order chi connectivity index (χ1) is 10.1. The first-order valence-corrected chi connectivity index (χ1v) is 7.84. The summed E-state index contributed by atoms with van der Waals surface area (Å²) in [5.41, 5.74) is 1.10. The molecule has 1 aromatic carbocycles. The van der Waals surface area contributed by atoms with Crippen LogP contribution in [0.1, 0.15) is 5.56 Å². The number of rotatable bonds is 3. The highest BCUT2D eigenvalue weighted by Gasteiger charge is 2.40. The van der Waals surface area contributed by atoms with Gasteiger partial charge in [0.2, 0.25) is 0 Å². The Hall–Kier alpha value is -1.02. The molecule has 5 nitrogen and oxygen atoms in total. The fraction of sp³-hybridized carbons (Fsp3) is 0.467. The van der Waals surface area contributed by atoms with Crippen LogP contribution in [-0.4, -0.2) is 62.8 Å². The van der Waals surface area contributed by atoms with Gasteiger partial charge in [-0.1, -0.05) is 18.2 Å². The van der Waals surface area contributed by atoms with Crippen molar-refractivity contribution in [3.63, 3.8) is 0 Å². The van der Waals surface area contributed by atoms with E-state index in [1.165, 1.54) is 4.70 Å². The van der Waals surface area contributed by atoms with E-state index in [4.69, 9.17) is 0 Å². The summed E-state index contributed by atoms with van der Waals surface area (Å²) in [6.07, 6.45) is -3.37. The van der Waals surface area contributed by atoms with Crippen LogP contribution in [-0.2, 0) is 6.54 Å². The summed E-state index contributed by atoms with van der Waals surface area (Å²) >= 11 is 1.65. The number of hydrogen-bond donors (Lipinski definition) is 4. The Kier molecular flexibility index (Phi) is 4.26. The van der Waals surface area contributed by atoms with Crippen LogP contribution in [0.3, 0.4) is 0 Å². The molecule has 21 heavy (non-hydrogen) atoms. The second kappa shape index (κ2) is 6.00. The summed E-state index contributed by atoms with van der Waals surface area (Å²) in [6, 6.07) is 7.50. The predicted octanol–water partition coefficient (Wildman–Crippen LogP) is 0.160. The van der Waals surface area contributed by atoms with E-state index in [1.807, 2.05) is 23.1 Å². The van der Waals surface area contributed by atoms with E-state index in [0.29, 0.717) is 6.54 Å². The molecule has 4 N–H and O–H groups in total. The Morgan fingerprint density at radius 3 is 2.67 bits per heavy atom. The number of fused-ring (bicyclic) bond motifs is 1. The average Bonchev–Trinajstić information content (AvgIpc) is 2.89. The third-order valence-electron chi connectivity index (χ3n) is 4.15. The number of aliphatic hydroxyl groups is 4. The van der Waals surface area contributed by atoms with Crippen molar-refractivity contribution in [2.24, 2.45) is 0 Å². The normalized spacial score (nSPS) is 30.9. The fourth-order valence-corrected chi connectivity index (χ4v) is 3.89. The number of thiophene rings is 1. The standard InChI is InChI=1S/C15H19NO4S/c17-7-11-14(19)15(20)12(18)6-16(11)5-9-8-21-13-4-2-1-3-10(9)13/h1-4,8,11-12,14-15,17-20H,5-7H2/t11-,12+,14-,15-/m1/s1. The van der Waals surface area contributed by atoms with Crippen molar-refractivity contribution in [2.75, 3.05) is 13.2 Å². The molecule has 114 valence electrons. The summed E-state index contributed by atoms with van der Waals surface area (Å²) in [7, 11) is 0.